The monoisotopic (exact) mass is 304 g/mol. The van der Waals surface area contributed by atoms with Crippen molar-refractivity contribution in [2.45, 2.75) is 79.3 Å². The van der Waals surface area contributed by atoms with Gasteiger partial charge < -0.3 is 0 Å². The number of nitrogens with zero attached hydrogens (tertiary/aromatic N) is 2. The van der Waals surface area contributed by atoms with Crippen molar-refractivity contribution in [1.29, 1.82) is 0 Å². The van der Waals surface area contributed by atoms with Crippen molar-refractivity contribution in [3.8, 4) is 0 Å². The van der Waals surface area contributed by atoms with Gasteiger partial charge in [-0.1, -0.05) is 33.5 Å². The minimum absolute atomic E-state index is 0.00945. The van der Waals surface area contributed by atoms with Crippen LogP contribution in [0.1, 0.15) is 41.5 Å². The molecule has 0 aromatic rings. The third kappa shape index (κ3) is 3.87. The third-order valence-corrected chi connectivity index (χ3v) is 10.3. The molecule has 1 heterocycles. The Hall–Kier alpha value is 0.737. The summed E-state index contributed by atoms with van der Waals surface area (Å²) in [6, 6.07) is 1.99. The first kappa shape index (κ1) is 16.8. The van der Waals surface area contributed by atoms with E-state index < -0.39 is 8.24 Å². The fraction of sp³-hybridized carbons (Fsp3) is 0.923. The topological polar surface area (TPSA) is 6.48 Å². The van der Waals surface area contributed by atoms with Gasteiger partial charge in [-0.05, 0) is 35.6 Å². The molecule has 0 aromatic carbocycles. The Morgan fingerprint density at radius 2 is 1.33 bits per heavy atom. The van der Waals surface area contributed by atoms with E-state index in [2.05, 4.69) is 70.4 Å². The van der Waals surface area contributed by atoms with Crippen LogP contribution >= 0.6 is 15.7 Å². The summed E-state index contributed by atoms with van der Waals surface area (Å²) in [6.07, 6.45) is 0. The van der Waals surface area contributed by atoms with E-state index in [-0.39, 0.29) is 7.76 Å². The molecule has 0 saturated carbocycles. The van der Waals surface area contributed by atoms with Gasteiger partial charge in [0.2, 0.25) is 0 Å². The van der Waals surface area contributed by atoms with Gasteiger partial charge in [-0.3, -0.25) is 9.24 Å². The molecular formula is C13H30N2P2Si. The second kappa shape index (κ2) is 6.02. The Labute approximate surface area is 118 Å². The maximum absolute atomic E-state index is 2.78. The van der Waals surface area contributed by atoms with E-state index in [1.807, 2.05) is 0 Å². The normalized spacial score (nSPS) is 21.4. The lowest BCUT2D eigenvalue weighted by Gasteiger charge is -2.38. The van der Waals surface area contributed by atoms with Crippen molar-refractivity contribution in [2.75, 3.05) is 0 Å². The van der Waals surface area contributed by atoms with Gasteiger partial charge in [-0.15, -0.1) is 0 Å². The van der Waals surface area contributed by atoms with Crippen LogP contribution in [0.4, 0.5) is 0 Å². The lowest BCUT2D eigenvalue weighted by atomic mass is 10.3. The van der Waals surface area contributed by atoms with E-state index in [0.717, 1.165) is 0 Å². The average Bonchev–Trinajstić information content (AvgIpc) is 2.78. The van der Waals surface area contributed by atoms with Crippen molar-refractivity contribution in [2.24, 2.45) is 0 Å². The largest absolute Gasteiger partial charge is 0.288 e. The van der Waals surface area contributed by atoms with Gasteiger partial charge in [-0.2, -0.15) is 0 Å². The van der Waals surface area contributed by atoms with Gasteiger partial charge in [0.15, 0.2) is 0 Å². The van der Waals surface area contributed by atoms with E-state index in [0.29, 0.717) is 18.1 Å². The summed E-state index contributed by atoms with van der Waals surface area (Å²) >= 11 is 0. The molecule has 0 saturated heterocycles. The van der Waals surface area contributed by atoms with Gasteiger partial charge in [0.25, 0.3) is 0 Å². The van der Waals surface area contributed by atoms with Crippen molar-refractivity contribution in [3.05, 3.63) is 0 Å². The predicted molar refractivity (Wildman–Crippen MR) is 91.3 cm³/mol. The summed E-state index contributed by atoms with van der Waals surface area (Å²) in [5.74, 6) is 0. The van der Waals surface area contributed by atoms with Crippen LogP contribution in [0, 0.1) is 0 Å². The lowest BCUT2D eigenvalue weighted by molar-refractivity contribution is 0.330. The van der Waals surface area contributed by atoms with Crippen LogP contribution in [0.15, 0.2) is 0 Å². The van der Waals surface area contributed by atoms with Crippen molar-refractivity contribution >= 4 is 29.0 Å². The summed E-state index contributed by atoms with van der Waals surface area (Å²) in [5, 5.41) is 1.74. The molecule has 106 valence electrons. The van der Waals surface area contributed by atoms with Crippen LogP contribution in [0.25, 0.3) is 0 Å². The lowest BCUT2D eigenvalue weighted by Crippen LogP contribution is -2.51. The molecule has 0 bridgehead atoms. The zero-order valence-corrected chi connectivity index (χ0v) is 16.3. The van der Waals surface area contributed by atoms with Crippen LogP contribution in [-0.2, 0) is 0 Å². The highest BCUT2D eigenvalue weighted by molar-refractivity contribution is 8.46. The molecule has 1 atom stereocenters. The van der Waals surface area contributed by atoms with Gasteiger partial charge in [0, 0.05) is 18.1 Å². The molecule has 1 rings (SSSR count). The quantitative estimate of drug-likeness (QED) is 0.503. The summed E-state index contributed by atoms with van der Waals surface area (Å²) < 4.78 is 5.50. The molecule has 0 spiro atoms. The maximum Gasteiger partial charge on any atom is 0.125 e. The van der Waals surface area contributed by atoms with Crippen LogP contribution in [0.2, 0.25) is 19.6 Å². The predicted octanol–water partition coefficient (Wildman–Crippen LogP) is 5.01. The van der Waals surface area contributed by atoms with Crippen LogP contribution in [0.5, 0.6) is 0 Å². The third-order valence-electron chi connectivity index (χ3n) is 3.06. The van der Waals surface area contributed by atoms with Gasteiger partial charge in [0.05, 0.1) is 12.9 Å². The minimum atomic E-state index is -1.23. The molecule has 1 unspecified atom stereocenters. The van der Waals surface area contributed by atoms with Crippen LogP contribution in [0.3, 0.4) is 0 Å². The molecule has 0 aromatic heterocycles. The second-order valence-corrected chi connectivity index (χ2v) is 15.9. The van der Waals surface area contributed by atoms with Crippen molar-refractivity contribution < 1.29 is 0 Å². The van der Waals surface area contributed by atoms with Crippen molar-refractivity contribution in [3.63, 3.8) is 0 Å². The van der Waals surface area contributed by atoms with Gasteiger partial charge in [0.1, 0.15) is 8.24 Å². The Morgan fingerprint density at radius 3 is 1.61 bits per heavy atom. The Morgan fingerprint density at radius 1 is 0.889 bits per heavy atom. The van der Waals surface area contributed by atoms with E-state index >= 15 is 0 Å². The maximum atomic E-state index is 2.78. The Balaban J connectivity index is 2.80. The van der Waals surface area contributed by atoms with Gasteiger partial charge in [-0.25, -0.2) is 0 Å². The highest BCUT2D eigenvalue weighted by atomic mass is 32.1. The molecule has 1 aliphatic heterocycles. The van der Waals surface area contributed by atoms with E-state index in [1.165, 1.54) is 0 Å². The highest BCUT2D eigenvalue weighted by Crippen LogP contribution is 2.73. The molecule has 0 amide bonds. The molecule has 0 aliphatic carbocycles. The minimum Gasteiger partial charge on any atom is -0.288 e. The number of rotatable bonds is 6. The van der Waals surface area contributed by atoms with E-state index in [9.17, 15) is 0 Å². The first-order chi connectivity index (χ1) is 8.07. The van der Waals surface area contributed by atoms with Gasteiger partial charge >= 0.3 is 0 Å². The number of hydrogen-bond acceptors (Lipinski definition) is 2. The molecule has 18 heavy (non-hydrogen) atoms. The molecule has 2 nitrogen and oxygen atoms in total. The molecule has 0 N–H and O–H groups in total. The SMILES string of the molecule is CC(C)N(C(C)C)P1P=C1N(C(C)C)[Si](C)(C)C. The summed E-state index contributed by atoms with van der Waals surface area (Å²) in [4.78, 5) is 0. The Kier molecular flexibility index (Phi) is 5.61. The molecule has 1 aliphatic rings. The van der Waals surface area contributed by atoms with Crippen LogP contribution in [-0.4, -0.2) is 40.8 Å². The summed E-state index contributed by atoms with van der Waals surface area (Å²) in [7, 11) is 0.376. The Bertz CT molecular complexity index is 313. The average molecular weight is 304 g/mol. The molecule has 0 radical (unpaired) electrons. The standard InChI is InChI=1S/C13H30N2P2Si/c1-10(2)14(11(3)4)17-13(16-17)15(12(5)6)18(7,8)9/h10-12H,1-9H3. The van der Waals surface area contributed by atoms with E-state index in [1.54, 1.807) is 13.1 Å². The van der Waals surface area contributed by atoms with Crippen molar-refractivity contribution in [1.82, 2.24) is 9.24 Å². The fourth-order valence-electron chi connectivity index (χ4n) is 2.70. The smallest absolute Gasteiger partial charge is 0.125 e. The number of hydrogen-bond donors (Lipinski definition) is 0. The molecule has 0 fully saturated rings. The zero-order chi connectivity index (χ0) is 14.2. The fourth-order valence-corrected chi connectivity index (χ4v) is 12.8. The van der Waals surface area contributed by atoms with E-state index in [4.69, 9.17) is 0 Å². The van der Waals surface area contributed by atoms with Crippen LogP contribution < -0.4 is 0 Å². The first-order valence-electron chi connectivity index (χ1n) is 7.03. The first-order valence-corrected chi connectivity index (χ1v) is 13.4. The highest BCUT2D eigenvalue weighted by Gasteiger charge is 2.44. The molecular weight excluding hydrogens is 274 g/mol. The second-order valence-electron chi connectivity index (χ2n) is 6.89. The summed E-state index contributed by atoms with van der Waals surface area (Å²) in [5.41, 5.74) is 0. The zero-order valence-electron chi connectivity index (χ0n) is 13.5. The summed E-state index contributed by atoms with van der Waals surface area (Å²) in [6.45, 7) is 21.4. The molecule has 5 heteroatoms.